The van der Waals surface area contributed by atoms with Gasteiger partial charge < -0.3 is 19.7 Å². The number of likely N-dealkylation sites (N-methyl/N-ethyl adjacent to an activating group) is 1. The molecule has 7 heteroatoms. The topological polar surface area (TPSA) is 67.9 Å². The van der Waals surface area contributed by atoms with Gasteiger partial charge in [-0.2, -0.15) is 0 Å². The van der Waals surface area contributed by atoms with Crippen LogP contribution in [0.2, 0.25) is 0 Å². The summed E-state index contributed by atoms with van der Waals surface area (Å²) in [6, 6.07) is 13.4. The number of thioether (sulfide) groups is 1. The number of rotatable bonds is 11. The van der Waals surface area contributed by atoms with Crippen LogP contribution in [-0.2, 0) is 9.53 Å². The lowest BCUT2D eigenvalue weighted by Crippen LogP contribution is -2.31. The summed E-state index contributed by atoms with van der Waals surface area (Å²) in [5.74, 6) is 0.869. The largest absolute Gasteiger partial charge is 0.492 e. The van der Waals surface area contributed by atoms with E-state index in [1.807, 2.05) is 44.2 Å². The molecule has 0 saturated carbocycles. The third-order valence-electron chi connectivity index (χ3n) is 4.34. The molecule has 162 valence electrons. The van der Waals surface area contributed by atoms with Crippen LogP contribution >= 0.6 is 11.8 Å². The first-order valence-electron chi connectivity index (χ1n) is 9.84. The minimum atomic E-state index is -0.0955. The predicted octanol–water partition coefficient (Wildman–Crippen LogP) is 3.31. The van der Waals surface area contributed by atoms with Gasteiger partial charge in [0.2, 0.25) is 5.91 Å². The fourth-order valence-electron chi connectivity index (χ4n) is 2.88. The molecule has 0 aliphatic heterocycles. The zero-order valence-corrected chi connectivity index (χ0v) is 18.9. The second kappa shape index (κ2) is 12.2. The molecule has 0 radical (unpaired) electrons. The summed E-state index contributed by atoms with van der Waals surface area (Å²) in [4.78, 5) is 27.3. The van der Waals surface area contributed by atoms with Gasteiger partial charge >= 0.3 is 0 Å². The number of carbonyl (C=O) groups excluding carboxylic acids is 2. The van der Waals surface area contributed by atoms with Gasteiger partial charge in [0, 0.05) is 25.6 Å². The van der Waals surface area contributed by atoms with Crippen LogP contribution in [0.1, 0.15) is 21.5 Å². The first-order chi connectivity index (χ1) is 14.4. The molecule has 2 rings (SSSR count). The molecule has 2 aromatic rings. The molecular formula is C23H30N2O4S. The van der Waals surface area contributed by atoms with Crippen LogP contribution < -0.4 is 10.1 Å². The molecular weight excluding hydrogens is 400 g/mol. The smallest absolute Gasteiger partial charge is 0.254 e. The second-order valence-corrected chi connectivity index (χ2v) is 8.04. The lowest BCUT2D eigenvalue weighted by molar-refractivity contribution is -0.118. The fourth-order valence-corrected chi connectivity index (χ4v) is 3.75. The molecule has 1 N–H and O–H groups in total. The zero-order valence-electron chi connectivity index (χ0n) is 18.1. The van der Waals surface area contributed by atoms with Crippen molar-refractivity contribution >= 4 is 23.6 Å². The molecule has 6 nitrogen and oxygen atoms in total. The van der Waals surface area contributed by atoms with Crippen molar-refractivity contribution in [3.63, 3.8) is 0 Å². The number of hydrogen-bond acceptors (Lipinski definition) is 5. The minimum absolute atomic E-state index is 0.0884. The van der Waals surface area contributed by atoms with Crippen LogP contribution in [0.4, 0.5) is 0 Å². The van der Waals surface area contributed by atoms with E-state index in [0.29, 0.717) is 31.9 Å². The van der Waals surface area contributed by atoms with Crippen molar-refractivity contribution in [1.82, 2.24) is 10.2 Å². The predicted molar refractivity (Wildman–Crippen MR) is 120 cm³/mol. The Bertz CT molecular complexity index is 837. The molecule has 0 saturated heterocycles. The van der Waals surface area contributed by atoms with Gasteiger partial charge in [-0.25, -0.2) is 0 Å². The van der Waals surface area contributed by atoms with Gasteiger partial charge in [-0.15, -0.1) is 11.8 Å². The monoisotopic (exact) mass is 430 g/mol. The minimum Gasteiger partial charge on any atom is -0.492 e. The van der Waals surface area contributed by atoms with Crippen LogP contribution in [0.15, 0.2) is 47.4 Å². The normalized spacial score (nSPS) is 10.5. The number of aryl methyl sites for hydroxylation is 2. The maximum absolute atomic E-state index is 12.9. The number of carbonyl (C=O) groups is 2. The maximum Gasteiger partial charge on any atom is 0.254 e. The van der Waals surface area contributed by atoms with Crippen LogP contribution in [0.3, 0.4) is 0 Å². The molecule has 0 aliphatic rings. The van der Waals surface area contributed by atoms with Gasteiger partial charge in [-0.05, 0) is 49.2 Å². The third-order valence-corrected chi connectivity index (χ3v) is 5.42. The number of ether oxygens (including phenoxy) is 2. The molecule has 2 aromatic carbocycles. The SMILES string of the molecule is COCCNC(=O)CSc1ccccc1C(=O)N(C)CCOc1cc(C)cc(C)c1. The Labute approximate surface area is 182 Å². The Kier molecular flexibility index (Phi) is 9.70. The van der Waals surface area contributed by atoms with Crippen LogP contribution in [-0.4, -0.2) is 62.9 Å². The highest BCUT2D eigenvalue weighted by molar-refractivity contribution is 8.00. The Morgan fingerprint density at radius 2 is 1.77 bits per heavy atom. The molecule has 0 spiro atoms. The summed E-state index contributed by atoms with van der Waals surface area (Å²) < 4.78 is 10.7. The highest BCUT2D eigenvalue weighted by Crippen LogP contribution is 2.23. The third kappa shape index (κ3) is 7.72. The quantitative estimate of drug-likeness (QED) is 0.438. The summed E-state index contributed by atoms with van der Waals surface area (Å²) in [7, 11) is 3.35. The molecule has 0 aromatic heterocycles. The van der Waals surface area contributed by atoms with Gasteiger partial charge in [-0.1, -0.05) is 18.2 Å². The molecule has 2 amide bonds. The van der Waals surface area contributed by atoms with Crippen LogP contribution in [0.25, 0.3) is 0 Å². The average molecular weight is 431 g/mol. The Morgan fingerprint density at radius 3 is 2.47 bits per heavy atom. The van der Waals surface area contributed by atoms with Gasteiger partial charge in [-0.3, -0.25) is 9.59 Å². The summed E-state index contributed by atoms with van der Waals surface area (Å²) in [6.07, 6.45) is 0. The summed E-state index contributed by atoms with van der Waals surface area (Å²) in [6.45, 7) is 5.87. The van der Waals surface area contributed by atoms with Crippen molar-refractivity contribution in [3.05, 3.63) is 59.2 Å². The number of amides is 2. The van der Waals surface area contributed by atoms with E-state index in [9.17, 15) is 9.59 Å². The number of hydrogen-bond donors (Lipinski definition) is 1. The van der Waals surface area contributed by atoms with Crippen molar-refractivity contribution < 1.29 is 19.1 Å². The van der Waals surface area contributed by atoms with E-state index in [4.69, 9.17) is 9.47 Å². The first kappa shape index (κ1) is 23.8. The summed E-state index contributed by atoms with van der Waals surface area (Å²) in [5.41, 5.74) is 2.87. The van der Waals surface area contributed by atoms with E-state index in [2.05, 4.69) is 11.4 Å². The lowest BCUT2D eigenvalue weighted by atomic mass is 10.1. The fraction of sp³-hybridized carbons (Fsp3) is 0.391. The average Bonchev–Trinajstić information content (AvgIpc) is 2.71. The van der Waals surface area contributed by atoms with Crippen molar-refractivity contribution in [3.8, 4) is 5.75 Å². The number of nitrogens with one attached hydrogen (secondary N) is 1. The molecule has 0 fully saturated rings. The zero-order chi connectivity index (χ0) is 21.9. The van der Waals surface area contributed by atoms with Gasteiger partial charge in [0.25, 0.3) is 5.91 Å². The maximum atomic E-state index is 12.9. The highest BCUT2D eigenvalue weighted by Gasteiger charge is 2.16. The molecule has 30 heavy (non-hydrogen) atoms. The highest BCUT2D eigenvalue weighted by atomic mass is 32.2. The Balaban J connectivity index is 1.89. The lowest BCUT2D eigenvalue weighted by Gasteiger charge is -2.19. The van der Waals surface area contributed by atoms with Crippen LogP contribution in [0.5, 0.6) is 5.75 Å². The van der Waals surface area contributed by atoms with Crippen molar-refractivity contribution in [2.24, 2.45) is 0 Å². The number of benzene rings is 2. The van der Waals surface area contributed by atoms with E-state index >= 15 is 0 Å². The molecule has 0 aliphatic carbocycles. The summed E-state index contributed by atoms with van der Waals surface area (Å²) >= 11 is 1.35. The first-order valence-corrected chi connectivity index (χ1v) is 10.8. The molecule has 0 heterocycles. The van der Waals surface area contributed by atoms with E-state index in [1.165, 1.54) is 11.8 Å². The van der Waals surface area contributed by atoms with E-state index in [0.717, 1.165) is 21.8 Å². The van der Waals surface area contributed by atoms with E-state index in [1.54, 1.807) is 25.1 Å². The second-order valence-electron chi connectivity index (χ2n) is 7.03. The van der Waals surface area contributed by atoms with Gasteiger partial charge in [0.05, 0.1) is 24.5 Å². The van der Waals surface area contributed by atoms with Crippen LogP contribution in [0, 0.1) is 13.8 Å². The van der Waals surface area contributed by atoms with Gasteiger partial charge in [0.15, 0.2) is 0 Å². The van der Waals surface area contributed by atoms with Gasteiger partial charge in [0.1, 0.15) is 12.4 Å². The van der Waals surface area contributed by atoms with E-state index in [-0.39, 0.29) is 17.6 Å². The molecule has 0 unspecified atom stereocenters. The Morgan fingerprint density at radius 1 is 1.07 bits per heavy atom. The Hall–Kier alpha value is -2.51. The summed E-state index contributed by atoms with van der Waals surface area (Å²) in [5, 5.41) is 2.78. The van der Waals surface area contributed by atoms with E-state index < -0.39 is 0 Å². The standard InChI is InChI=1S/C23H30N2O4S/c1-17-13-18(2)15-19(14-17)29-12-10-25(3)23(27)20-7-5-6-8-21(20)30-16-22(26)24-9-11-28-4/h5-8,13-15H,9-12,16H2,1-4H3,(H,24,26). The van der Waals surface area contributed by atoms with Crippen molar-refractivity contribution in [1.29, 1.82) is 0 Å². The van der Waals surface area contributed by atoms with Crippen molar-refractivity contribution in [2.75, 3.05) is 46.2 Å². The molecule has 0 atom stereocenters. The molecule has 0 bridgehead atoms. The number of nitrogens with zero attached hydrogens (tertiary/aromatic N) is 1. The number of methoxy groups -OCH3 is 1. The van der Waals surface area contributed by atoms with Crippen molar-refractivity contribution in [2.45, 2.75) is 18.7 Å².